The van der Waals surface area contributed by atoms with Crippen molar-refractivity contribution in [3.8, 4) is 0 Å². The molecule has 4 rings (SSSR count). The van der Waals surface area contributed by atoms with Gasteiger partial charge in [0.15, 0.2) is 0 Å². The van der Waals surface area contributed by atoms with E-state index in [2.05, 4.69) is 43.0 Å². The minimum Gasteiger partial charge on any atom is -0.354 e. The maximum absolute atomic E-state index is 13.1. The topological polar surface area (TPSA) is 50.5 Å². The van der Waals surface area contributed by atoms with E-state index in [0.717, 1.165) is 54.5 Å². The summed E-state index contributed by atoms with van der Waals surface area (Å²) in [6.45, 7) is 11.4. The first kappa shape index (κ1) is 21.5. The van der Waals surface area contributed by atoms with Crippen LogP contribution in [0.4, 0.5) is 0 Å². The summed E-state index contributed by atoms with van der Waals surface area (Å²) in [7, 11) is 0. The molecule has 2 aromatic heterocycles. The average Bonchev–Trinajstić information content (AvgIpc) is 3.38. The second-order valence-electron chi connectivity index (χ2n) is 8.49. The molecule has 0 bridgehead atoms. The highest BCUT2D eigenvalue weighted by molar-refractivity contribution is 7.14. The Morgan fingerprint density at radius 2 is 1.87 bits per heavy atom. The van der Waals surface area contributed by atoms with Gasteiger partial charge in [0, 0.05) is 35.6 Å². The lowest BCUT2D eigenvalue weighted by Crippen LogP contribution is -2.35. The molecule has 31 heavy (non-hydrogen) atoms. The third kappa shape index (κ3) is 4.79. The number of hydrogen-bond acceptors (Lipinski definition) is 5. The maximum Gasteiger partial charge on any atom is 0.256 e. The molecule has 0 saturated heterocycles. The van der Waals surface area contributed by atoms with Gasteiger partial charge in [0.2, 0.25) is 0 Å². The first-order valence-corrected chi connectivity index (χ1v) is 11.7. The second kappa shape index (κ2) is 9.18. The van der Waals surface area contributed by atoms with Crippen molar-refractivity contribution >= 4 is 17.2 Å². The van der Waals surface area contributed by atoms with E-state index in [9.17, 15) is 4.79 Å². The molecule has 1 atom stereocenters. The van der Waals surface area contributed by atoms with Crippen LogP contribution in [0, 0.1) is 26.7 Å². The van der Waals surface area contributed by atoms with Gasteiger partial charge in [0.05, 0.1) is 18.0 Å². The molecule has 0 spiro atoms. The molecule has 3 heterocycles. The molecule has 1 unspecified atom stereocenters. The van der Waals surface area contributed by atoms with Crippen LogP contribution in [0.1, 0.15) is 39.3 Å². The van der Waals surface area contributed by atoms with Gasteiger partial charge in [0.1, 0.15) is 11.7 Å². The van der Waals surface area contributed by atoms with Crippen molar-refractivity contribution in [3.63, 3.8) is 0 Å². The number of aliphatic imine (C=N–C) groups is 1. The number of nitrogens with zero attached hydrogens (tertiary/aromatic N) is 4. The van der Waals surface area contributed by atoms with Crippen LogP contribution < -0.4 is 5.56 Å². The smallest absolute Gasteiger partial charge is 0.256 e. The van der Waals surface area contributed by atoms with Crippen molar-refractivity contribution in [3.05, 3.63) is 85.2 Å². The van der Waals surface area contributed by atoms with Gasteiger partial charge >= 0.3 is 0 Å². The molecule has 1 aliphatic heterocycles. The normalized spacial score (nSPS) is 14.7. The molecule has 0 saturated carbocycles. The molecule has 162 valence electrons. The van der Waals surface area contributed by atoms with E-state index in [0.29, 0.717) is 12.5 Å². The predicted molar refractivity (Wildman–Crippen MR) is 128 cm³/mol. The van der Waals surface area contributed by atoms with Gasteiger partial charge in [-0.15, -0.1) is 11.3 Å². The molecular weight excluding hydrogens is 404 g/mol. The quantitative estimate of drug-likeness (QED) is 0.559. The standard InChI is InChI=1S/C25H30N4OS/c1-17(15-28-13-12-26-24(28)22-11-10-18(2)31-22)14-23-27-20(4)19(3)25(30)29(23)16-21-8-6-5-7-9-21/h5-11,17H,12-16H2,1-4H3. The summed E-state index contributed by atoms with van der Waals surface area (Å²) >= 11 is 1.80. The van der Waals surface area contributed by atoms with Crippen LogP contribution in [0.2, 0.25) is 0 Å². The molecule has 0 amide bonds. The third-order valence-corrected chi connectivity index (χ3v) is 6.85. The number of aryl methyl sites for hydroxylation is 2. The lowest BCUT2D eigenvalue weighted by atomic mass is 10.1. The Labute approximate surface area is 188 Å². The monoisotopic (exact) mass is 434 g/mol. The summed E-state index contributed by atoms with van der Waals surface area (Å²) in [5.41, 5.74) is 2.74. The minimum atomic E-state index is 0.0658. The van der Waals surface area contributed by atoms with Crippen molar-refractivity contribution in [2.45, 2.75) is 40.7 Å². The molecule has 0 aliphatic carbocycles. The molecule has 1 aromatic carbocycles. The zero-order chi connectivity index (χ0) is 22.0. The van der Waals surface area contributed by atoms with Crippen LogP contribution in [-0.4, -0.2) is 39.9 Å². The zero-order valence-electron chi connectivity index (χ0n) is 18.8. The number of aromatic nitrogens is 2. The predicted octanol–water partition coefficient (Wildman–Crippen LogP) is 4.22. The molecule has 0 fully saturated rings. The highest BCUT2D eigenvalue weighted by Gasteiger charge is 2.23. The molecule has 1 aliphatic rings. The highest BCUT2D eigenvalue weighted by Crippen LogP contribution is 2.22. The van der Waals surface area contributed by atoms with E-state index in [1.807, 2.05) is 36.6 Å². The summed E-state index contributed by atoms with van der Waals surface area (Å²) in [4.78, 5) is 27.6. The van der Waals surface area contributed by atoms with Crippen molar-refractivity contribution in [1.82, 2.24) is 14.5 Å². The molecule has 0 radical (unpaired) electrons. The molecule has 6 heteroatoms. The summed E-state index contributed by atoms with van der Waals surface area (Å²) in [5.74, 6) is 2.33. The van der Waals surface area contributed by atoms with Crippen LogP contribution in [-0.2, 0) is 13.0 Å². The fraction of sp³-hybridized carbons (Fsp3) is 0.400. The summed E-state index contributed by atoms with van der Waals surface area (Å²) in [6, 6.07) is 14.5. The SMILES string of the molecule is Cc1ccc(C2=NCCN2CC(C)Cc2nc(C)c(C)c(=O)n2Cc2ccccc2)s1. The van der Waals surface area contributed by atoms with E-state index in [-0.39, 0.29) is 5.56 Å². The number of rotatable bonds is 7. The van der Waals surface area contributed by atoms with Crippen LogP contribution in [0.3, 0.4) is 0 Å². The van der Waals surface area contributed by atoms with Crippen molar-refractivity contribution in [2.75, 3.05) is 19.6 Å². The van der Waals surface area contributed by atoms with E-state index in [1.54, 1.807) is 11.3 Å². The average molecular weight is 435 g/mol. The zero-order valence-corrected chi connectivity index (χ0v) is 19.6. The number of hydrogen-bond donors (Lipinski definition) is 0. The van der Waals surface area contributed by atoms with Crippen LogP contribution in [0.15, 0.2) is 52.3 Å². The lowest BCUT2D eigenvalue weighted by Gasteiger charge is -2.24. The fourth-order valence-electron chi connectivity index (χ4n) is 4.10. The number of thiophene rings is 1. The van der Waals surface area contributed by atoms with E-state index in [1.165, 1.54) is 9.75 Å². The highest BCUT2D eigenvalue weighted by atomic mass is 32.1. The Balaban J connectivity index is 1.54. The van der Waals surface area contributed by atoms with Crippen molar-refractivity contribution < 1.29 is 0 Å². The van der Waals surface area contributed by atoms with Crippen molar-refractivity contribution in [2.24, 2.45) is 10.9 Å². The Kier molecular flexibility index (Phi) is 6.37. The molecule has 5 nitrogen and oxygen atoms in total. The Morgan fingerprint density at radius 1 is 1.10 bits per heavy atom. The molecular formula is C25H30N4OS. The van der Waals surface area contributed by atoms with Gasteiger partial charge in [-0.1, -0.05) is 37.3 Å². The Morgan fingerprint density at radius 3 is 2.58 bits per heavy atom. The lowest BCUT2D eigenvalue weighted by molar-refractivity contribution is 0.367. The third-order valence-electron chi connectivity index (χ3n) is 5.86. The summed E-state index contributed by atoms with van der Waals surface area (Å²) in [5, 5.41) is 0. The van der Waals surface area contributed by atoms with Gasteiger partial charge < -0.3 is 4.90 Å². The van der Waals surface area contributed by atoms with E-state index in [4.69, 9.17) is 9.98 Å². The summed E-state index contributed by atoms with van der Waals surface area (Å²) < 4.78 is 1.86. The van der Waals surface area contributed by atoms with Crippen LogP contribution in [0.5, 0.6) is 0 Å². The Hall–Kier alpha value is -2.73. The summed E-state index contributed by atoms with van der Waals surface area (Å²) in [6.07, 6.45) is 0.760. The second-order valence-corrected chi connectivity index (χ2v) is 9.77. The van der Waals surface area contributed by atoms with E-state index >= 15 is 0 Å². The molecule has 0 N–H and O–H groups in total. The van der Waals surface area contributed by atoms with Gasteiger partial charge in [-0.2, -0.15) is 0 Å². The fourth-order valence-corrected chi connectivity index (χ4v) is 5.00. The largest absolute Gasteiger partial charge is 0.354 e. The minimum absolute atomic E-state index is 0.0658. The van der Waals surface area contributed by atoms with Gasteiger partial charge in [-0.25, -0.2) is 4.98 Å². The van der Waals surface area contributed by atoms with E-state index < -0.39 is 0 Å². The molecule has 3 aromatic rings. The number of benzene rings is 1. The van der Waals surface area contributed by atoms with Crippen molar-refractivity contribution in [1.29, 1.82) is 0 Å². The van der Waals surface area contributed by atoms with Crippen LogP contribution >= 0.6 is 11.3 Å². The van der Waals surface area contributed by atoms with Gasteiger partial charge in [-0.3, -0.25) is 14.4 Å². The van der Waals surface area contributed by atoms with Crippen LogP contribution in [0.25, 0.3) is 0 Å². The van der Waals surface area contributed by atoms with Gasteiger partial charge in [-0.05, 0) is 44.4 Å². The Bertz CT molecular complexity index is 1150. The number of amidine groups is 1. The maximum atomic E-state index is 13.1. The van der Waals surface area contributed by atoms with Gasteiger partial charge in [0.25, 0.3) is 5.56 Å². The first-order chi connectivity index (χ1) is 14.9. The first-order valence-electron chi connectivity index (χ1n) is 10.9.